The average molecular weight is 465 g/mol. The largest absolute Gasteiger partial charge is 0.493 e. The molecule has 8 heteroatoms. The number of methoxy groups -OCH3 is 1. The van der Waals surface area contributed by atoms with E-state index in [4.69, 9.17) is 9.47 Å². The van der Waals surface area contributed by atoms with Crippen LogP contribution in [0.3, 0.4) is 0 Å². The molecule has 0 aromatic heterocycles. The summed E-state index contributed by atoms with van der Waals surface area (Å²) in [7, 11) is 1.32. The second-order valence-electron chi connectivity index (χ2n) is 8.59. The normalized spacial score (nSPS) is 16.7. The van der Waals surface area contributed by atoms with Crippen LogP contribution in [0.4, 0.5) is 0 Å². The van der Waals surface area contributed by atoms with Crippen molar-refractivity contribution in [2.45, 2.75) is 51.1 Å². The number of hydrogen-bond donors (Lipinski definition) is 1. The second-order valence-corrected chi connectivity index (χ2v) is 8.59. The summed E-state index contributed by atoms with van der Waals surface area (Å²) in [5, 5.41) is 2.91. The summed E-state index contributed by atoms with van der Waals surface area (Å²) in [6.07, 6.45) is 3.63. The van der Waals surface area contributed by atoms with Crippen molar-refractivity contribution in [3.63, 3.8) is 0 Å². The molecule has 1 heterocycles. The zero-order valence-electron chi connectivity index (χ0n) is 19.4. The Bertz CT molecular complexity index is 1100. The molecule has 0 spiro atoms. The van der Waals surface area contributed by atoms with E-state index in [9.17, 15) is 19.2 Å². The van der Waals surface area contributed by atoms with Gasteiger partial charge in [-0.05, 0) is 49.6 Å². The lowest BCUT2D eigenvalue weighted by atomic mass is 9.81. The third kappa shape index (κ3) is 4.27. The highest BCUT2D eigenvalue weighted by Gasteiger charge is 2.42. The summed E-state index contributed by atoms with van der Waals surface area (Å²) in [5.74, 6) is -1.29. The molecule has 8 nitrogen and oxygen atoms in total. The van der Waals surface area contributed by atoms with E-state index < -0.39 is 17.4 Å². The molecule has 0 bridgehead atoms. The van der Waals surface area contributed by atoms with Crippen molar-refractivity contribution >= 4 is 23.7 Å². The Morgan fingerprint density at radius 2 is 1.65 bits per heavy atom. The quantitative estimate of drug-likeness (QED) is 0.497. The molecule has 0 radical (unpaired) electrons. The number of esters is 1. The molecular formula is C26H28N2O6. The molecule has 2 aromatic rings. The van der Waals surface area contributed by atoms with Gasteiger partial charge in [0, 0.05) is 0 Å². The smallest absolute Gasteiger partial charge is 0.331 e. The van der Waals surface area contributed by atoms with E-state index in [2.05, 4.69) is 5.32 Å². The number of nitrogens with zero attached hydrogens (tertiary/aromatic N) is 1. The number of carbonyl (C=O) groups is 4. The topological polar surface area (TPSA) is 102 Å². The molecule has 34 heavy (non-hydrogen) atoms. The summed E-state index contributed by atoms with van der Waals surface area (Å²) < 4.78 is 10.7. The van der Waals surface area contributed by atoms with Gasteiger partial charge in [0.15, 0.2) is 0 Å². The van der Waals surface area contributed by atoms with Crippen molar-refractivity contribution < 1.29 is 28.7 Å². The number of amides is 3. The van der Waals surface area contributed by atoms with Crippen LogP contribution in [-0.2, 0) is 16.1 Å². The molecule has 1 aliphatic carbocycles. The van der Waals surface area contributed by atoms with Gasteiger partial charge >= 0.3 is 5.97 Å². The Hall–Kier alpha value is -3.68. The molecule has 0 atom stereocenters. The zero-order valence-corrected chi connectivity index (χ0v) is 19.4. The minimum atomic E-state index is -1.08. The maximum atomic E-state index is 13.4. The number of hydrogen-bond acceptors (Lipinski definition) is 6. The number of ether oxygens (including phenoxy) is 2. The van der Waals surface area contributed by atoms with Crippen LogP contribution in [-0.4, -0.2) is 47.8 Å². The first kappa shape index (κ1) is 23.5. The van der Waals surface area contributed by atoms with Gasteiger partial charge in [-0.15, -0.1) is 0 Å². The summed E-state index contributed by atoms with van der Waals surface area (Å²) in [6, 6.07) is 11.7. The molecule has 0 saturated heterocycles. The fourth-order valence-electron chi connectivity index (χ4n) is 4.72. The van der Waals surface area contributed by atoms with Gasteiger partial charge in [-0.1, -0.05) is 37.5 Å². The number of nitrogens with one attached hydrogen (secondary N) is 1. The molecule has 1 fully saturated rings. The predicted molar refractivity (Wildman–Crippen MR) is 124 cm³/mol. The SMILES string of the molecule is CCOc1ccc(CN2C(=O)c3ccccc3C2=O)cc1C(=O)NC1(C(=O)OC)CCCCC1. The van der Waals surface area contributed by atoms with Crippen molar-refractivity contribution in [3.8, 4) is 5.75 Å². The van der Waals surface area contributed by atoms with Crippen molar-refractivity contribution in [2.75, 3.05) is 13.7 Å². The Kier molecular flexibility index (Phi) is 6.68. The van der Waals surface area contributed by atoms with Gasteiger partial charge < -0.3 is 14.8 Å². The number of benzene rings is 2. The highest BCUT2D eigenvalue weighted by atomic mass is 16.5. The lowest BCUT2D eigenvalue weighted by molar-refractivity contribution is -0.149. The van der Waals surface area contributed by atoms with Crippen molar-refractivity contribution in [2.24, 2.45) is 0 Å². The van der Waals surface area contributed by atoms with E-state index in [1.54, 1.807) is 42.5 Å². The van der Waals surface area contributed by atoms with Crippen LogP contribution in [0.1, 0.15) is 75.7 Å². The van der Waals surface area contributed by atoms with E-state index in [0.717, 1.165) is 19.3 Å². The third-order valence-corrected chi connectivity index (χ3v) is 6.44. The van der Waals surface area contributed by atoms with Crippen molar-refractivity contribution in [1.82, 2.24) is 10.2 Å². The fraction of sp³-hybridized carbons (Fsp3) is 0.385. The standard InChI is InChI=1S/C26H28N2O6/c1-3-34-21-12-11-17(16-28-23(30)18-9-5-6-10-19(18)24(28)31)15-20(21)22(29)27-26(25(32)33-2)13-7-4-8-14-26/h5-6,9-12,15H,3-4,7-8,13-14,16H2,1-2H3,(H,27,29). The molecule has 2 aliphatic rings. The van der Waals surface area contributed by atoms with Crippen LogP contribution in [0, 0.1) is 0 Å². The van der Waals surface area contributed by atoms with Crippen LogP contribution >= 0.6 is 0 Å². The second kappa shape index (κ2) is 9.67. The van der Waals surface area contributed by atoms with E-state index in [0.29, 0.717) is 41.9 Å². The van der Waals surface area contributed by atoms with Gasteiger partial charge in [-0.2, -0.15) is 0 Å². The van der Waals surface area contributed by atoms with Gasteiger partial charge in [0.05, 0.1) is 37.0 Å². The zero-order chi connectivity index (χ0) is 24.3. The molecule has 1 aliphatic heterocycles. The molecule has 4 rings (SSSR count). The van der Waals surface area contributed by atoms with E-state index >= 15 is 0 Å². The van der Waals surface area contributed by atoms with Gasteiger partial charge in [0.25, 0.3) is 17.7 Å². The van der Waals surface area contributed by atoms with Crippen LogP contribution in [0.15, 0.2) is 42.5 Å². The van der Waals surface area contributed by atoms with Crippen molar-refractivity contribution in [1.29, 1.82) is 0 Å². The minimum Gasteiger partial charge on any atom is -0.493 e. The van der Waals surface area contributed by atoms with Crippen LogP contribution in [0.25, 0.3) is 0 Å². The number of carbonyl (C=O) groups excluding carboxylic acids is 4. The average Bonchev–Trinajstić information content (AvgIpc) is 3.10. The maximum Gasteiger partial charge on any atom is 0.331 e. The molecule has 178 valence electrons. The highest BCUT2D eigenvalue weighted by molar-refractivity contribution is 6.21. The first-order valence-corrected chi connectivity index (χ1v) is 11.5. The Morgan fingerprint density at radius 3 is 2.24 bits per heavy atom. The summed E-state index contributed by atoms with van der Waals surface area (Å²) >= 11 is 0. The Balaban J connectivity index is 1.61. The predicted octanol–water partition coefficient (Wildman–Crippen LogP) is 3.49. The highest BCUT2D eigenvalue weighted by Crippen LogP contribution is 2.31. The molecule has 1 saturated carbocycles. The van der Waals surface area contributed by atoms with Crippen LogP contribution in [0.2, 0.25) is 0 Å². The van der Waals surface area contributed by atoms with Gasteiger partial charge in [0.1, 0.15) is 11.3 Å². The van der Waals surface area contributed by atoms with Crippen molar-refractivity contribution in [3.05, 3.63) is 64.7 Å². The lowest BCUT2D eigenvalue weighted by Gasteiger charge is -2.35. The summed E-state index contributed by atoms with van der Waals surface area (Å²) in [4.78, 5) is 52.7. The summed E-state index contributed by atoms with van der Waals surface area (Å²) in [5.41, 5.74) is 0.498. The van der Waals surface area contributed by atoms with Crippen LogP contribution < -0.4 is 10.1 Å². The van der Waals surface area contributed by atoms with E-state index in [1.807, 2.05) is 6.92 Å². The Labute approximate surface area is 198 Å². The first-order valence-electron chi connectivity index (χ1n) is 11.5. The monoisotopic (exact) mass is 464 g/mol. The molecule has 3 amide bonds. The third-order valence-electron chi connectivity index (χ3n) is 6.44. The summed E-state index contributed by atoms with van der Waals surface area (Å²) in [6.45, 7) is 2.17. The minimum absolute atomic E-state index is 0.0151. The van der Waals surface area contributed by atoms with Crippen LogP contribution in [0.5, 0.6) is 5.75 Å². The van der Waals surface area contributed by atoms with E-state index in [-0.39, 0.29) is 23.9 Å². The van der Waals surface area contributed by atoms with Gasteiger partial charge in [0.2, 0.25) is 0 Å². The van der Waals surface area contributed by atoms with Gasteiger partial charge in [-0.25, -0.2) is 4.79 Å². The first-order chi connectivity index (χ1) is 16.4. The molecule has 2 aromatic carbocycles. The molecule has 0 unspecified atom stereocenters. The lowest BCUT2D eigenvalue weighted by Crippen LogP contribution is -2.56. The fourth-order valence-corrected chi connectivity index (χ4v) is 4.72. The van der Waals surface area contributed by atoms with E-state index in [1.165, 1.54) is 12.0 Å². The maximum absolute atomic E-state index is 13.4. The number of fused-ring (bicyclic) bond motifs is 1. The van der Waals surface area contributed by atoms with Gasteiger partial charge in [-0.3, -0.25) is 19.3 Å². The molecule has 1 N–H and O–H groups in total. The Morgan fingerprint density at radius 1 is 1.00 bits per heavy atom. The number of rotatable bonds is 7. The molecular weight excluding hydrogens is 436 g/mol. The number of imide groups is 1.